The van der Waals surface area contributed by atoms with Crippen LogP contribution in [-0.2, 0) is 16.6 Å². The summed E-state index contributed by atoms with van der Waals surface area (Å²) in [6, 6.07) is 8.20. The van der Waals surface area contributed by atoms with Gasteiger partial charge in [-0.05, 0) is 49.8 Å². The number of nitrogens with zero attached hydrogens (tertiary/aromatic N) is 3. The molecule has 0 radical (unpaired) electrons. The zero-order valence-electron chi connectivity index (χ0n) is 15.1. The standard InChI is InChI=1S/C17H23N5O3S2/c1-13-11-15(20-25-13)12-21-7-2-8-22(10-9-21)17(26)19-14-3-5-16(6-4-14)27(18,23)24/h3-6,11H,2,7-10,12H2,1H3,(H,19,26)(H2,18,23,24). The summed E-state index contributed by atoms with van der Waals surface area (Å²) in [6.07, 6.45) is 0.989. The Kier molecular flexibility index (Phi) is 6.10. The molecule has 27 heavy (non-hydrogen) atoms. The maximum absolute atomic E-state index is 11.3. The van der Waals surface area contributed by atoms with Crippen molar-refractivity contribution in [2.24, 2.45) is 5.14 Å². The molecule has 0 unspecified atom stereocenters. The van der Waals surface area contributed by atoms with Crippen LogP contribution < -0.4 is 10.5 Å². The fourth-order valence-electron chi connectivity index (χ4n) is 2.98. The van der Waals surface area contributed by atoms with E-state index in [1.165, 1.54) is 12.1 Å². The second kappa shape index (κ2) is 8.34. The Morgan fingerprint density at radius 2 is 2.00 bits per heavy atom. The lowest BCUT2D eigenvalue weighted by molar-refractivity contribution is 0.267. The van der Waals surface area contributed by atoms with Crippen LogP contribution in [0.3, 0.4) is 0 Å². The van der Waals surface area contributed by atoms with E-state index in [0.717, 1.165) is 56.3 Å². The molecule has 1 aromatic heterocycles. The molecule has 2 aromatic rings. The number of aromatic nitrogens is 1. The summed E-state index contributed by atoms with van der Waals surface area (Å²) in [6.45, 7) is 6.15. The van der Waals surface area contributed by atoms with Gasteiger partial charge in [-0.3, -0.25) is 4.90 Å². The fraction of sp³-hybridized carbons (Fsp3) is 0.412. The van der Waals surface area contributed by atoms with Crippen LogP contribution in [0.1, 0.15) is 17.9 Å². The van der Waals surface area contributed by atoms with E-state index in [4.69, 9.17) is 21.9 Å². The van der Waals surface area contributed by atoms with E-state index < -0.39 is 10.0 Å². The summed E-state index contributed by atoms with van der Waals surface area (Å²) >= 11 is 5.52. The molecule has 3 rings (SSSR count). The van der Waals surface area contributed by atoms with Gasteiger partial charge in [0.1, 0.15) is 5.76 Å². The number of aryl methyl sites for hydroxylation is 1. The van der Waals surface area contributed by atoms with E-state index in [-0.39, 0.29) is 4.90 Å². The first-order valence-corrected chi connectivity index (χ1v) is 10.6. The van der Waals surface area contributed by atoms with E-state index in [2.05, 4.69) is 20.3 Å². The van der Waals surface area contributed by atoms with Crippen molar-refractivity contribution in [3.05, 3.63) is 41.8 Å². The molecule has 0 saturated carbocycles. The molecule has 0 amide bonds. The number of sulfonamides is 1. The van der Waals surface area contributed by atoms with E-state index in [1.54, 1.807) is 12.1 Å². The Morgan fingerprint density at radius 3 is 2.63 bits per heavy atom. The molecule has 3 N–H and O–H groups in total. The molecule has 10 heteroatoms. The number of hydrogen-bond donors (Lipinski definition) is 2. The number of nitrogens with two attached hydrogens (primary N) is 1. The molecule has 0 spiro atoms. The average molecular weight is 410 g/mol. The fourth-order valence-corrected chi connectivity index (χ4v) is 3.80. The van der Waals surface area contributed by atoms with Crippen molar-refractivity contribution in [1.82, 2.24) is 15.0 Å². The minimum Gasteiger partial charge on any atom is -0.361 e. The van der Waals surface area contributed by atoms with Crippen LogP contribution in [0.5, 0.6) is 0 Å². The van der Waals surface area contributed by atoms with Crippen LogP contribution in [0.15, 0.2) is 39.8 Å². The molecule has 0 bridgehead atoms. The molecule has 0 atom stereocenters. The Hall–Kier alpha value is -2.01. The molecule has 2 heterocycles. The molecule has 1 saturated heterocycles. The predicted molar refractivity (Wildman–Crippen MR) is 107 cm³/mol. The van der Waals surface area contributed by atoms with Crippen molar-refractivity contribution < 1.29 is 12.9 Å². The first-order valence-electron chi connectivity index (χ1n) is 8.64. The number of benzene rings is 1. The highest BCUT2D eigenvalue weighted by atomic mass is 32.2. The normalized spacial score (nSPS) is 16.1. The van der Waals surface area contributed by atoms with Gasteiger partial charge in [0, 0.05) is 44.5 Å². The number of hydrogen-bond acceptors (Lipinski definition) is 6. The Morgan fingerprint density at radius 1 is 1.26 bits per heavy atom. The number of nitrogens with one attached hydrogen (secondary N) is 1. The number of rotatable bonds is 4. The van der Waals surface area contributed by atoms with Gasteiger partial charge in [0.25, 0.3) is 0 Å². The van der Waals surface area contributed by atoms with Crippen molar-refractivity contribution in [2.75, 3.05) is 31.5 Å². The third-order valence-corrected chi connectivity index (χ3v) is 5.66. The number of thiocarbonyl (C=S) groups is 1. The second-order valence-corrected chi connectivity index (χ2v) is 8.49. The van der Waals surface area contributed by atoms with Crippen LogP contribution >= 0.6 is 12.2 Å². The van der Waals surface area contributed by atoms with E-state index in [1.807, 2.05) is 13.0 Å². The van der Waals surface area contributed by atoms with Crippen LogP contribution in [0.2, 0.25) is 0 Å². The zero-order chi connectivity index (χ0) is 19.4. The van der Waals surface area contributed by atoms with Gasteiger partial charge in [0.05, 0.1) is 10.6 Å². The Labute approximate surface area is 164 Å². The van der Waals surface area contributed by atoms with E-state index in [9.17, 15) is 8.42 Å². The van der Waals surface area contributed by atoms with Crippen molar-refractivity contribution in [3.63, 3.8) is 0 Å². The molecule has 146 valence electrons. The maximum Gasteiger partial charge on any atom is 0.238 e. The highest BCUT2D eigenvalue weighted by Gasteiger charge is 2.18. The van der Waals surface area contributed by atoms with Crippen LogP contribution in [0.25, 0.3) is 0 Å². The molecule has 8 nitrogen and oxygen atoms in total. The lowest BCUT2D eigenvalue weighted by Crippen LogP contribution is -2.37. The number of anilines is 1. The summed E-state index contributed by atoms with van der Waals surface area (Å²) < 4.78 is 27.8. The van der Waals surface area contributed by atoms with Gasteiger partial charge in [-0.1, -0.05) is 5.16 Å². The van der Waals surface area contributed by atoms with Gasteiger partial charge in [0.2, 0.25) is 10.0 Å². The summed E-state index contributed by atoms with van der Waals surface area (Å²) in [5.74, 6) is 0.820. The highest BCUT2D eigenvalue weighted by Crippen LogP contribution is 2.15. The molecule has 1 aromatic carbocycles. The van der Waals surface area contributed by atoms with Crippen molar-refractivity contribution >= 4 is 33.0 Å². The van der Waals surface area contributed by atoms with Crippen LogP contribution in [0, 0.1) is 6.92 Å². The van der Waals surface area contributed by atoms with Gasteiger partial charge < -0.3 is 14.7 Å². The quantitative estimate of drug-likeness (QED) is 0.733. The summed E-state index contributed by atoms with van der Waals surface area (Å²) in [7, 11) is -3.69. The monoisotopic (exact) mass is 409 g/mol. The minimum absolute atomic E-state index is 0.0764. The predicted octanol–water partition coefficient (Wildman–Crippen LogP) is 1.54. The van der Waals surface area contributed by atoms with Crippen LogP contribution in [0.4, 0.5) is 5.69 Å². The largest absolute Gasteiger partial charge is 0.361 e. The third kappa shape index (κ3) is 5.48. The smallest absolute Gasteiger partial charge is 0.238 e. The second-order valence-electron chi connectivity index (χ2n) is 6.55. The first-order chi connectivity index (χ1) is 12.8. The van der Waals surface area contributed by atoms with Gasteiger partial charge in [-0.15, -0.1) is 0 Å². The minimum atomic E-state index is -3.69. The van der Waals surface area contributed by atoms with Gasteiger partial charge in [0.15, 0.2) is 5.11 Å². The zero-order valence-corrected chi connectivity index (χ0v) is 16.7. The molecule has 1 fully saturated rings. The van der Waals surface area contributed by atoms with E-state index in [0.29, 0.717) is 5.11 Å². The highest BCUT2D eigenvalue weighted by molar-refractivity contribution is 7.89. The van der Waals surface area contributed by atoms with Gasteiger partial charge >= 0.3 is 0 Å². The van der Waals surface area contributed by atoms with Crippen molar-refractivity contribution in [1.29, 1.82) is 0 Å². The Bertz CT molecular complexity index is 896. The average Bonchev–Trinajstić information content (AvgIpc) is 2.87. The SMILES string of the molecule is Cc1cc(CN2CCCN(C(=S)Nc3ccc(S(N)(=O)=O)cc3)CC2)no1. The van der Waals surface area contributed by atoms with E-state index >= 15 is 0 Å². The lowest BCUT2D eigenvalue weighted by atomic mass is 10.3. The first kappa shape index (κ1) is 19.7. The van der Waals surface area contributed by atoms with Gasteiger partial charge in [-0.25, -0.2) is 13.6 Å². The van der Waals surface area contributed by atoms with Gasteiger partial charge in [-0.2, -0.15) is 0 Å². The lowest BCUT2D eigenvalue weighted by Gasteiger charge is -2.24. The Balaban J connectivity index is 1.54. The van der Waals surface area contributed by atoms with Crippen LogP contribution in [-0.4, -0.2) is 54.7 Å². The molecule has 0 aliphatic carbocycles. The molecular formula is C17H23N5O3S2. The van der Waals surface area contributed by atoms with Crippen molar-refractivity contribution in [2.45, 2.75) is 24.8 Å². The van der Waals surface area contributed by atoms with Crippen molar-refractivity contribution in [3.8, 4) is 0 Å². The molecule has 1 aliphatic rings. The molecular weight excluding hydrogens is 386 g/mol. The molecule has 1 aliphatic heterocycles. The summed E-state index contributed by atoms with van der Waals surface area (Å²) in [5, 5.41) is 13.0. The third-order valence-electron chi connectivity index (χ3n) is 4.37. The maximum atomic E-state index is 11.3. The number of primary sulfonamides is 1. The summed E-state index contributed by atoms with van der Waals surface area (Å²) in [5.41, 5.74) is 1.67. The summed E-state index contributed by atoms with van der Waals surface area (Å²) in [4.78, 5) is 4.53. The topological polar surface area (TPSA) is 105 Å².